The van der Waals surface area contributed by atoms with Crippen LogP contribution in [0.1, 0.15) is 38.5 Å². The molecule has 8 heteroatoms. The molecule has 142 valence electrons. The van der Waals surface area contributed by atoms with Crippen molar-refractivity contribution < 1.29 is 4.52 Å². The zero-order chi connectivity index (χ0) is 17.7. The van der Waals surface area contributed by atoms with Gasteiger partial charge in [0.05, 0.1) is 6.54 Å². The topological polar surface area (TPSA) is 75.3 Å². The van der Waals surface area contributed by atoms with Crippen molar-refractivity contribution in [2.75, 3.05) is 13.6 Å². The molecular weight excluding hydrogens is 465 g/mol. The van der Waals surface area contributed by atoms with E-state index >= 15 is 0 Å². The average Bonchev–Trinajstić information content (AvgIpc) is 3.06. The zero-order valence-corrected chi connectivity index (χ0v) is 18.2. The number of nitrogens with zero attached hydrogens (tertiary/aromatic N) is 3. The molecule has 2 aromatic rings. The van der Waals surface area contributed by atoms with E-state index in [1.54, 1.807) is 7.05 Å². The lowest BCUT2D eigenvalue weighted by atomic mass is 9.67. The fourth-order valence-electron chi connectivity index (χ4n) is 3.05. The minimum absolute atomic E-state index is 0. The molecule has 0 aliphatic heterocycles. The molecule has 0 atom stereocenters. The van der Waals surface area contributed by atoms with E-state index in [1.807, 2.05) is 24.3 Å². The molecule has 6 nitrogen and oxygen atoms in total. The highest BCUT2D eigenvalue weighted by Gasteiger charge is 2.34. The molecule has 1 aromatic heterocycles. The maximum Gasteiger partial charge on any atom is 0.246 e. The lowest BCUT2D eigenvalue weighted by Gasteiger charge is -2.41. The molecule has 1 aromatic carbocycles. The summed E-state index contributed by atoms with van der Waals surface area (Å²) >= 11 is 6.00. The van der Waals surface area contributed by atoms with Crippen molar-refractivity contribution in [3.05, 3.63) is 35.2 Å². The van der Waals surface area contributed by atoms with Crippen LogP contribution >= 0.6 is 35.6 Å². The molecule has 0 spiro atoms. The first-order valence-electron chi connectivity index (χ1n) is 8.67. The van der Waals surface area contributed by atoms with Crippen LogP contribution in [0.5, 0.6) is 0 Å². The summed E-state index contributed by atoms with van der Waals surface area (Å²) in [5.41, 5.74) is 1.27. The number of aliphatic imine (C=N–C) groups is 1. The summed E-state index contributed by atoms with van der Waals surface area (Å²) in [6.45, 7) is 3.62. The number of benzene rings is 1. The SMILES string of the molecule is CCC1(CNC(=NC)NCc2nc(-c3cccc(Cl)c3)no2)CCC1.I. The van der Waals surface area contributed by atoms with E-state index in [2.05, 4.69) is 32.7 Å². The Bertz CT molecular complexity index is 739. The van der Waals surface area contributed by atoms with Gasteiger partial charge in [-0.15, -0.1) is 24.0 Å². The van der Waals surface area contributed by atoms with E-state index in [0.29, 0.717) is 28.7 Å². The van der Waals surface area contributed by atoms with Crippen LogP contribution in [0, 0.1) is 5.41 Å². The summed E-state index contributed by atoms with van der Waals surface area (Å²) in [6.07, 6.45) is 5.11. The monoisotopic (exact) mass is 489 g/mol. The van der Waals surface area contributed by atoms with Gasteiger partial charge in [-0.1, -0.05) is 42.2 Å². The standard InChI is InChI=1S/C18H24ClN5O.HI/c1-3-18(8-5-9-18)12-22-17(20-2)21-11-15-23-16(24-25-15)13-6-4-7-14(19)10-13;/h4,6-7,10H,3,5,8-9,11-12H2,1-2H3,(H2,20,21,22);1H. The second kappa shape index (κ2) is 9.55. The third kappa shape index (κ3) is 5.09. The van der Waals surface area contributed by atoms with Crippen molar-refractivity contribution in [1.82, 2.24) is 20.8 Å². The van der Waals surface area contributed by atoms with Crippen LogP contribution in [-0.4, -0.2) is 29.7 Å². The van der Waals surface area contributed by atoms with Crippen LogP contribution < -0.4 is 10.6 Å². The van der Waals surface area contributed by atoms with E-state index in [1.165, 1.54) is 25.7 Å². The number of hydrogen-bond acceptors (Lipinski definition) is 4. The number of nitrogens with one attached hydrogen (secondary N) is 2. The normalized spacial score (nSPS) is 15.7. The number of guanidine groups is 1. The van der Waals surface area contributed by atoms with Crippen molar-refractivity contribution in [3.63, 3.8) is 0 Å². The fourth-order valence-corrected chi connectivity index (χ4v) is 3.25. The number of aromatic nitrogens is 2. The van der Waals surface area contributed by atoms with E-state index in [-0.39, 0.29) is 24.0 Å². The maximum atomic E-state index is 6.00. The molecule has 0 radical (unpaired) electrons. The van der Waals surface area contributed by atoms with Crippen molar-refractivity contribution in [2.45, 2.75) is 39.2 Å². The molecule has 1 aliphatic rings. The molecule has 0 amide bonds. The quantitative estimate of drug-likeness (QED) is 0.360. The number of hydrogen-bond donors (Lipinski definition) is 2. The van der Waals surface area contributed by atoms with Crippen LogP contribution in [0.15, 0.2) is 33.8 Å². The van der Waals surface area contributed by atoms with Gasteiger partial charge < -0.3 is 15.2 Å². The Morgan fingerprint density at radius 2 is 2.15 bits per heavy atom. The summed E-state index contributed by atoms with van der Waals surface area (Å²) in [6, 6.07) is 7.39. The highest BCUT2D eigenvalue weighted by Crippen LogP contribution is 2.42. The van der Waals surface area contributed by atoms with Gasteiger partial charge in [0.2, 0.25) is 11.7 Å². The van der Waals surface area contributed by atoms with Crippen LogP contribution in [0.3, 0.4) is 0 Å². The third-order valence-corrected chi connectivity index (χ3v) is 5.21. The first-order valence-corrected chi connectivity index (χ1v) is 9.05. The first-order chi connectivity index (χ1) is 12.1. The zero-order valence-electron chi connectivity index (χ0n) is 15.1. The Hall–Kier alpha value is -1.35. The second-order valence-electron chi connectivity index (χ2n) is 6.51. The molecule has 0 unspecified atom stereocenters. The third-order valence-electron chi connectivity index (χ3n) is 4.98. The van der Waals surface area contributed by atoms with Gasteiger partial charge in [-0.05, 0) is 36.8 Å². The van der Waals surface area contributed by atoms with Crippen molar-refractivity contribution in [2.24, 2.45) is 10.4 Å². The van der Waals surface area contributed by atoms with E-state index < -0.39 is 0 Å². The predicted molar refractivity (Wildman–Crippen MR) is 115 cm³/mol. The number of halogens is 2. The smallest absolute Gasteiger partial charge is 0.246 e. The van der Waals surface area contributed by atoms with Gasteiger partial charge in [0.25, 0.3) is 0 Å². The Kier molecular flexibility index (Phi) is 7.69. The Morgan fingerprint density at radius 3 is 2.77 bits per heavy atom. The molecular formula is C18H25ClIN5O. The largest absolute Gasteiger partial charge is 0.356 e. The predicted octanol–water partition coefficient (Wildman–Crippen LogP) is 4.25. The lowest BCUT2D eigenvalue weighted by molar-refractivity contribution is 0.131. The summed E-state index contributed by atoms with van der Waals surface area (Å²) in [7, 11) is 1.76. The van der Waals surface area contributed by atoms with Gasteiger partial charge in [-0.25, -0.2) is 0 Å². The highest BCUT2D eigenvalue weighted by molar-refractivity contribution is 14.0. The molecule has 2 N–H and O–H groups in total. The van der Waals surface area contributed by atoms with E-state index in [0.717, 1.165) is 18.1 Å². The molecule has 0 saturated heterocycles. The highest BCUT2D eigenvalue weighted by atomic mass is 127. The first kappa shape index (κ1) is 21.0. The maximum absolute atomic E-state index is 6.00. The summed E-state index contributed by atoms with van der Waals surface area (Å²) in [4.78, 5) is 8.66. The van der Waals surface area contributed by atoms with Crippen LogP contribution in [0.4, 0.5) is 0 Å². The summed E-state index contributed by atoms with van der Waals surface area (Å²) in [5.74, 6) is 1.79. The van der Waals surface area contributed by atoms with E-state index in [9.17, 15) is 0 Å². The molecule has 1 heterocycles. The van der Waals surface area contributed by atoms with Gasteiger partial charge >= 0.3 is 0 Å². The summed E-state index contributed by atoms with van der Waals surface area (Å²) < 4.78 is 5.30. The van der Waals surface area contributed by atoms with Gasteiger partial charge in [0.15, 0.2) is 5.96 Å². The van der Waals surface area contributed by atoms with Gasteiger partial charge in [0.1, 0.15) is 0 Å². The molecule has 3 rings (SSSR count). The van der Waals surface area contributed by atoms with Crippen molar-refractivity contribution in [1.29, 1.82) is 0 Å². The van der Waals surface area contributed by atoms with Crippen molar-refractivity contribution in [3.8, 4) is 11.4 Å². The van der Waals surface area contributed by atoms with Gasteiger partial charge in [-0.2, -0.15) is 4.98 Å². The van der Waals surface area contributed by atoms with Gasteiger partial charge in [0, 0.05) is 24.2 Å². The average molecular weight is 490 g/mol. The summed E-state index contributed by atoms with van der Waals surface area (Å²) in [5, 5.41) is 11.3. The van der Waals surface area contributed by atoms with Crippen LogP contribution in [0.2, 0.25) is 5.02 Å². The Balaban J connectivity index is 0.00000243. The van der Waals surface area contributed by atoms with E-state index in [4.69, 9.17) is 16.1 Å². The molecule has 1 saturated carbocycles. The molecule has 1 aliphatic carbocycles. The minimum Gasteiger partial charge on any atom is -0.356 e. The fraction of sp³-hybridized carbons (Fsp3) is 0.500. The Morgan fingerprint density at radius 1 is 1.35 bits per heavy atom. The second-order valence-corrected chi connectivity index (χ2v) is 6.94. The molecule has 1 fully saturated rings. The van der Waals surface area contributed by atoms with Gasteiger partial charge in [-0.3, -0.25) is 4.99 Å². The molecule has 26 heavy (non-hydrogen) atoms. The Labute approximate surface area is 176 Å². The lowest BCUT2D eigenvalue weighted by Crippen LogP contribution is -2.46. The van der Waals surface area contributed by atoms with Crippen molar-refractivity contribution >= 4 is 41.5 Å². The number of rotatable bonds is 6. The minimum atomic E-state index is 0. The van der Waals surface area contributed by atoms with Crippen LogP contribution in [-0.2, 0) is 6.54 Å². The molecule has 0 bridgehead atoms. The van der Waals surface area contributed by atoms with Crippen LogP contribution in [0.25, 0.3) is 11.4 Å².